The molecule has 1 amide bonds. The zero-order valence-electron chi connectivity index (χ0n) is 5.31. The van der Waals surface area contributed by atoms with Gasteiger partial charge >= 0.3 is 0 Å². The van der Waals surface area contributed by atoms with Crippen LogP contribution in [0, 0.1) is 0 Å². The highest BCUT2D eigenvalue weighted by molar-refractivity contribution is 7.80. The van der Waals surface area contributed by atoms with Gasteiger partial charge in [0.05, 0.1) is 4.99 Å². The largest absolute Gasteiger partial charge is 0.275 e. The fraction of sp³-hybridized carbons (Fsp3) is 0.600. The molecule has 11 heavy (non-hydrogen) atoms. The van der Waals surface area contributed by atoms with E-state index in [0.29, 0.717) is 17.8 Å². The summed E-state index contributed by atoms with van der Waals surface area (Å²) in [4.78, 5) is 12.4. The molecule has 1 aliphatic heterocycles. The van der Waals surface area contributed by atoms with Crippen molar-refractivity contribution >= 4 is 57.9 Å². The van der Waals surface area contributed by atoms with Crippen molar-refractivity contribution in [1.29, 1.82) is 0 Å². The summed E-state index contributed by atoms with van der Waals surface area (Å²) in [6.45, 7) is 0. The lowest BCUT2D eigenvalue weighted by Gasteiger charge is -2.23. The first-order valence-corrected chi connectivity index (χ1v) is 4.40. The van der Waals surface area contributed by atoms with Gasteiger partial charge in [-0.15, -0.1) is 0 Å². The summed E-state index contributed by atoms with van der Waals surface area (Å²) in [6.07, 6.45) is 0.842. The number of hydrogen-bond acceptors (Lipinski definition) is 2. The second kappa shape index (κ2) is 3.05. The number of amides is 1. The van der Waals surface area contributed by atoms with Gasteiger partial charge in [0, 0.05) is 12.8 Å². The van der Waals surface area contributed by atoms with Gasteiger partial charge in [-0.25, -0.2) is 0 Å². The molecule has 1 rings (SSSR count). The van der Waals surface area contributed by atoms with E-state index in [1.165, 1.54) is 0 Å². The maximum atomic E-state index is 11.0. The molecule has 0 aromatic rings. The van der Waals surface area contributed by atoms with Crippen LogP contribution in [0.25, 0.3) is 0 Å². The Balaban J connectivity index is 2.85. The lowest BCUT2D eigenvalue weighted by atomic mass is 10.4. The molecule has 0 bridgehead atoms. The molecule has 62 valence electrons. The molecule has 0 saturated carbocycles. The number of hydrogen-bond donors (Lipinski definition) is 0. The fourth-order valence-corrected chi connectivity index (χ4v) is 1.94. The summed E-state index contributed by atoms with van der Waals surface area (Å²) in [6, 6.07) is 0. The fourth-order valence-electron chi connectivity index (χ4n) is 0.859. The lowest BCUT2D eigenvalue weighted by molar-refractivity contribution is -0.125. The first-order valence-electron chi connectivity index (χ1n) is 2.85. The standard InChI is InChI=1S/C5H4Cl3NOS/c6-5(7,8)9-3(10)1-2-4(9)11/h1-2H2. The minimum atomic E-state index is -1.72. The molecule has 1 fully saturated rings. The zero-order chi connectivity index (χ0) is 8.65. The Kier molecular flexibility index (Phi) is 2.64. The number of halogens is 3. The quantitative estimate of drug-likeness (QED) is 0.363. The average molecular weight is 233 g/mol. The molecular weight excluding hydrogens is 228 g/mol. The Morgan fingerprint density at radius 2 is 1.91 bits per heavy atom. The summed E-state index contributed by atoms with van der Waals surface area (Å²) in [5.74, 6) is -0.227. The Morgan fingerprint density at radius 3 is 2.09 bits per heavy atom. The van der Waals surface area contributed by atoms with Crippen LogP contribution in [0.2, 0.25) is 0 Å². The smallest absolute Gasteiger partial charge is 0.274 e. The van der Waals surface area contributed by atoms with E-state index in [9.17, 15) is 4.79 Å². The summed E-state index contributed by atoms with van der Waals surface area (Å²) < 4.78 is -1.72. The first-order chi connectivity index (χ1) is 4.93. The van der Waals surface area contributed by atoms with Crippen molar-refractivity contribution in [1.82, 2.24) is 4.90 Å². The lowest BCUT2D eigenvalue weighted by Crippen LogP contribution is -2.38. The van der Waals surface area contributed by atoms with Crippen LogP contribution in [-0.4, -0.2) is 19.7 Å². The zero-order valence-corrected chi connectivity index (χ0v) is 8.40. The summed E-state index contributed by atoms with van der Waals surface area (Å²) in [5.41, 5.74) is 0. The topological polar surface area (TPSA) is 20.3 Å². The number of nitrogens with zero attached hydrogens (tertiary/aromatic N) is 1. The van der Waals surface area contributed by atoms with E-state index in [-0.39, 0.29) is 5.91 Å². The van der Waals surface area contributed by atoms with Crippen molar-refractivity contribution in [2.75, 3.05) is 0 Å². The van der Waals surface area contributed by atoms with Crippen molar-refractivity contribution in [2.24, 2.45) is 0 Å². The van der Waals surface area contributed by atoms with E-state index < -0.39 is 3.92 Å². The van der Waals surface area contributed by atoms with Crippen LogP contribution in [0.1, 0.15) is 12.8 Å². The van der Waals surface area contributed by atoms with E-state index >= 15 is 0 Å². The molecule has 1 aliphatic rings. The molecule has 1 heterocycles. The molecule has 0 unspecified atom stereocenters. The van der Waals surface area contributed by atoms with Gasteiger partial charge in [-0.2, -0.15) is 0 Å². The maximum Gasteiger partial charge on any atom is 0.275 e. The molecule has 0 aliphatic carbocycles. The second-order valence-corrected chi connectivity index (χ2v) is 4.78. The van der Waals surface area contributed by atoms with E-state index in [0.717, 1.165) is 4.90 Å². The van der Waals surface area contributed by atoms with Crippen LogP contribution in [0.3, 0.4) is 0 Å². The third-order valence-corrected chi connectivity index (χ3v) is 2.20. The van der Waals surface area contributed by atoms with Gasteiger partial charge in [0.2, 0.25) is 5.91 Å². The number of likely N-dealkylation sites (tertiary alicyclic amines) is 1. The average Bonchev–Trinajstić information content (AvgIpc) is 2.08. The van der Waals surface area contributed by atoms with Crippen LogP contribution >= 0.6 is 47.0 Å². The van der Waals surface area contributed by atoms with E-state index in [2.05, 4.69) is 0 Å². The normalized spacial score (nSPS) is 19.7. The van der Waals surface area contributed by atoms with Crippen molar-refractivity contribution in [3.8, 4) is 0 Å². The van der Waals surface area contributed by atoms with Crippen LogP contribution < -0.4 is 0 Å². The third kappa shape index (κ3) is 1.96. The number of carbonyl (C=O) groups excluding carboxylic acids is 1. The van der Waals surface area contributed by atoms with Crippen molar-refractivity contribution < 1.29 is 4.79 Å². The van der Waals surface area contributed by atoms with Crippen molar-refractivity contribution in [3.05, 3.63) is 0 Å². The SMILES string of the molecule is O=C1CCC(=S)N1C(Cl)(Cl)Cl. The molecule has 0 aromatic heterocycles. The molecule has 0 N–H and O–H groups in total. The number of rotatable bonds is 0. The van der Waals surface area contributed by atoms with Gasteiger partial charge in [-0.3, -0.25) is 9.69 Å². The second-order valence-electron chi connectivity index (χ2n) is 2.09. The third-order valence-electron chi connectivity index (χ3n) is 1.31. The van der Waals surface area contributed by atoms with Gasteiger partial charge in [0.15, 0.2) is 0 Å². The van der Waals surface area contributed by atoms with Gasteiger partial charge in [-0.1, -0.05) is 47.0 Å². The Morgan fingerprint density at radius 1 is 1.36 bits per heavy atom. The minimum absolute atomic E-state index is 0.227. The highest BCUT2D eigenvalue weighted by Gasteiger charge is 2.40. The van der Waals surface area contributed by atoms with Crippen LogP contribution in [0.5, 0.6) is 0 Å². The van der Waals surface area contributed by atoms with Gasteiger partial charge < -0.3 is 0 Å². The van der Waals surface area contributed by atoms with Crippen LogP contribution in [0.15, 0.2) is 0 Å². The minimum Gasteiger partial charge on any atom is -0.274 e. The van der Waals surface area contributed by atoms with E-state index in [4.69, 9.17) is 47.0 Å². The van der Waals surface area contributed by atoms with Gasteiger partial charge in [0.25, 0.3) is 3.92 Å². The van der Waals surface area contributed by atoms with Gasteiger partial charge in [-0.05, 0) is 0 Å². The number of thiocarbonyl (C=S) groups is 1. The van der Waals surface area contributed by atoms with E-state index in [1.54, 1.807) is 0 Å². The number of alkyl halides is 3. The first kappa shape index (κ1) is 9.52. The summed E-state index contributed by atoms with van der Waals surface area (Å²) in [7, 11) is 0. The highest BCUT2D eigenvalue weighted by atomic mass is 35.6. The molecule has 2 nitrogen and oxygen atoms in total. The molecule has 0 radical (unpaired) electrons. The summed E-state index contributed by atoms with van der Waals surface area (Å²) >= 11 is 21.3. The molecule has 0 aromatic carbocycles. The van der Waals surface area contributed by atoms with Crippen LogP contribution in [0.4, 0.5) is 0 Å². The van der Waals surface area contributed by atoms with Gasteiger partial charge in [0.1, 0.15) is 0 Å². The molecule has 0 atom stereocenters. The highest BCUT2D eigenvalue weighted by Crippen LogP contribution is 2.35. The Bertz CT molecular complexity index is 196. The molecule has 0 spiro atoms. The Labute approximate surface area is 84.4 Å². The number of carbonyl (C=O) groups is 1. The van der Waals surface area contributed by atoms with Crippen molar-refractivity contribution in [2.45, 2.75) is 16.8 Å². The molecular formula is C5H4Cl3NOS. The van der Waals surface area contributed by atoms with Crippen LogP contribution in [-0.2, 0) is 4.79 Å². The predicted octanol–water partition coefficient (Wildman–Crippen LogP) is 2.26. The van der Waals surface area contributed by atoms with E-state index in [1.807, 2.05) is 0 Å². The Hall–Kier alpha value is 0.430. The van der Waals surface area contributed by atoms with Crippen molar-refractivity contribution in [3.63, 3.8) is 0 Å². The maximum absolute atomic E-state index is 11.0. The monoisotopic (exact) mass is 231 g/mol. The summed E-state index contributed by atoms with van der Waals surface area (Å²) in [5, 5.41) is 0. The predicted molar refractivity (Wildman–Crippen MR) is 49.0 cm³/mol. The molecule has 6 heteroatoms. The molecule has 1 saturated heterocycles.